The average molecular weight is 262 g/mol. The average Bonchev–Trinajstić information content (AvgIpc) is 2.51. The van der Waals surface area contributed by atoms with Crippen molar-refractivity contribution < 1.29 is 58.2 Å². The van der Waals surface area contributed by atoms with Crippen LogP contribution in [0.1, 0.15) is 14.4 Å². The third kappa shape index (κ3) is 4.88. The van der Waals surface area contributed by atoms with Gasteiger partial charge in [-0.2, -0.15) is 6.20 Å². The second-order valence-electron chi connectivity index (χ2n) is 2.91. The fourth-order valence-corrected chi connectivity index (χ4v) is 1.21. The van der Waals surface area contributed by atoms with E-state index in [0.29, 0.717) is 5.92 Å². The van der Waals surface area contributed by atoms with Crippen molar-refractivity contribution >= 4 is 0 Å². The molecule has 72 valence electrons. The van der Waals surface area contributed by atoms with Crippen LogP contribution in [0.3, 0.4) is 0 Å². The largest absolute Gasteiger partial charge is 1.00 e. The molecular weight excluding hydrogens is 244 g/mol. The summed E-state index contributed by atoms with van der Waals surface area (Å²) >= 11 is 0. The van der Waals surface area contributed by atoms with Gasteiger partial charge in [-0.3, -0.25) is 0 Å². The van der Waals surface area contributed by atoms with Crippen molar-refractivity contribution in [3.8, 4) is 0 Å². The smallest absolute Gasteiger partial charge is 0.684 e. The van der Waals surface area contributed by atoms with E-state index in [9.17, 15) is 0 Å². The van der Waals surface area contributed by atoms with Gasteiger partial charge in [-0.15, -0.1) is 18.7 Å². The topological polar surface area (TPSA) is 14.1 Å². The van der Waals surface area contributed by atoms with Gasteiger partial charge in [-0.05, 0) is 12.8 Å². The Morgan fingerprint density at radius 2 is 2.07 bits per heavy atom. The van der Waals surface area contributed by atoms with Crippen molar-refractivity contribution in [1.82, 2.24) is 0 Å². The van der Waals surface area contributed by atoms with Crippen LogP contribution in [0.15, 0.2) is 49.2 Å². The van der Waals surface area contributed by atoms with Gasteiger partial charge < -0.3 is 5.32 Å². The molecule has 0 saturated heterocycles. The van der Waals surface area contributed by atoms with Crippen molar-refractivity contribution in [1.29, 1.82) is 0 Å². The maximum Gasteiger partial charge on any atom is 1.00 e. The van der Waals surface area contributed by atoms with Gasteiger partial charge in [-0.25, -0.2) is 0 Å². The molecule has 0 aromatic rings. The SMILES string of the molecule is C.C=C/C(C)=C\C1C=C[N-]C1C=C.[Rb+]. The van der Waals surface area contributed by atoms with Crippen molar-refractivity contribution in [2.24, 2.45) is 5.92 Å². The normalized spacial score (nSPS) is 24.2. The molecule has 0 radical (unpaired) electrons. The summed E-state index contributed by atoms with van der Waals surface area (Å²) in [5.74, 6) is 0.375. The monoisotopic (exact) mass is 261 g/mol. The van der Waals surface area contributed by atoms with E-state index in [0.717, 1.165) is 0 Å². The van der Waals surface area contributed by atoms with Gasteiger partial charge in [0.1, 0.15) is 0 Å². The Kier molecular flexibility index (Phi) is 10.7. The maximum absolute atomic E-state index is 4.25. The molecule has 1 nitrogen and oxygen atoms in total. The minimum atomic E-state index is 0. The summed E-state index contributed by atoms with van der Waals surface area (Å²) in [6.07, 6.45) is 9.82. The first kappa shape index (κ1) is 17.0. The Hall–Kier alpha value is 0.565. The molecule has 0 aromatic carbocycles. The standard InChI is InChI=1S/C11H14N.CH4.Rb/c1-4-9(3)8-10-6-7-12-11(10)5-2;;/h4-8,10-11H,1-2H2,3H3;1H4;/q-1;;+1/b9-8-;;. The maximum atomic E-state index is 4.25. The first-order chi connectivity index (χ1) is 5.77. The minimum absolute atomic E-state index is 0. The predicted molar refractivity (Wildman–Crippen MR) is 60.7 cm³/mol. The van der Waals surface area contributed by atoms with E-state index in [1.165, 1.54) is 5.57 Å². The van der Waals surface area contributed by atoms with Gasteiger partial charge in [0.05, 0.1) is 0 Å². The molecule has 0 bridgehead atoms. The van der Waals surface area contributed by atoms with Crippen LogP contribution in [0.5, 0.6) is 0 Å². The third-order valence-electron chi connectivity index (χ3n) is 1.98. The number of rotatable bonds is 3. The molecule has 2 atom stereocenters. The van der Waals surface area contributed by atoms with E-state index < -0.39 is 0 Å². The Morgan fingerprint density at radius 1 is 1.43 bits per heavy atom. The van der Waals surface area contributed by atoms with Crippen molar-refractivity contribution in [3.63, 3.8) is 0 Å². The second-order valence-corrected chi connectivity index (χ2v) is 2.91. The zero-order valence-electron chi connectivity index (χ0n) is 8.40. The first-order valence-corrected chi connectivity index (χ1v) is 4.08. The molecule has 1 aliphatic heterocycles. The van der Waals surface area contributed by atoms with E-state index >= 15 is 0 Å². The van der Waals surface area contributed by atoms with E-state index in [2.05, 4.69) is 30.6 Å². The van der Waals surface area contributed by atoms with Gasteiger partial charge in [0.15, 0.2) is 0 Å². The quantitative estimate of drug-likeness (QED) is 0.528. The summed E-state index contributed by atoms with van der Waals surface area (Å²) in [5.41, 5.74) is 1.19. The summed E-state index contributed by atoms with van der Waals surface area (Å²) in [6.45, 7) is 9.48. The van der Waals surface area contributed by atoms with E-state index in [4.69, 9.17) is 0 Å². The molecule has 0 saturated carbocycles. The Balaban J connectivity index is 0. The minimum Gasteiger partial charge on any atom is -0.684 e. The Labute approximate surface area is 137 Å². The van der Waals surface area contributed by atoms with E-state index in [1.54, 1.807) is 0 Å². The summed E-state index contributed by atoms with van der Waals surface area (Å²) in [7, 11) is 0. The summed E-state index contributed by atoms with van der Waals surface area (Å²) in [6, 6.07) is 0.222. The summed E-state index contributed by atoms with van der Waals surface area (Å²) in [4.78, 5) is 0. The van der Waals surface area contributed by atoms with Crippen LogP contribution in [0, 0.1) is 5.92 Å². The predicted octanol–water partition coefficient (Wildman–Crippen LogP) is 0.831. The van der Waals surface area contributed by atoms with E-state index in [-0.39, 0.29) is 71.7 Å². The molecule has 0 aliphatic carbocycles. The van der Waals surface area contributed by atoms with Crippen LogP contribution in [0.2, 0.25) is 0 Å². The molecule has 1 aliphatic rings. The molecule has 1 rings (SSSR count). The Bertz CT molecular complexity index is 241. The zero-order valence-corrected chi connectivity index (χ0v) is 13.3. The van der Waals surface area contributed by atoms with Crippen molar-refractivity contribution in [2.45, 2.75) is 20.4 Å². The number of nitrogens with zero attached hydrogens (tertiary/aromatic N) is 1. The fraction of sp³-hybridized carbons (Fsp3) is 0.333. The van der Waals surface area contributed by atoms with Gasteiger partial charge >= 0.3 is 58.2 Å². The van der Waals surface area contributed by atoms with Gasteiger partial charge in [-0.1, -0.05) is 37.8 Å². The second kappa shape index (κ2) is 8.84. The third-order valence-corrected chi connectivity index (χ3v) is 1.98. The molecule has 0 N–H and O–H groups in total. The number of allylic oxidation sites excluding steroid dienone is 2. The van der Waals surface area contributed by atoms with Gasteiger partial charge in [0, 0.05) is 0 Å². The molecule has 2 heteroatoms. The van der Waals surface area contributed by atoms with Crippen LogP contribution in [0.25, 0.3) is 5.32 Å². The van der Waals surface area contributed by atoms with Crippen LogP contribution >= 0.6 is 0 Å². The molecule has 0 aromatic heterocycles. The number of hydrogen-bond acceptors (Lipinski definition) is 0. The molecule has 2 unspecified atom stereocenters. The van der Waals surface area contributed by atoms with Gasteiger partial charge in [0.25, 0.3) is 0 Å². The molecule has 0 amide bonds. The van der Waals surface area contributed by atoms with Crippen LogP contribution in [0.4, 0.5) is 0 Å². The van der Waals surface area contributed by atoms with Crippen LogP contribution in [-0.4, -0.2) is 6.04 Å². The first-order valence-electron chi connectivity index (χ1n) is 4.08. The zero-order chi connectivity index (χ0) is 8.97. The molecule has 0 spiro atoms. The van der Waals surface area contributed by atoms with Crippen molar-refractivity contribution in [2.75, 3.05) is 0 Å². The summed E-state index contributed by atoms with van der Waals surface area (Å²) in [5, 5.41) is 4.25. The molecular formula is C12H18NRb. The van der Waals surface area contributed by atoms with Crippen molar-refractivity contribution in [3.05, 3.63) is 54.6 Å². The van der Waals surface area contributed by atoms with Crippen LogP contribution in [-0.2, 0) is 0 Å². The van der Waals surface area contributed by atoms with Gasteiger partial charge in [0.2, 0.25) is 0 Å². The molecule has 0 fully saturated rings. The van der Waals surface area contributed by atoms with E-state index in [1.807, 2.05) is 25.3 Å². The fourth-order valence-electron chi connectivity index (χ4n) is 1.21. The van der Waals surface area contributed by atoms with Crippen LogP contribution < -0.4 is 58.2 Å². The summed E-state index contributed by atoms with van der Waals surface area (Å²) < 4.78 is 0. The Morgan fingerprint density at radius 3 is 2.57 bits per heavy atom. The molecule has 1 heterocycles. The number of hydrogen-bond donors (Lipinski definition) is 0. The molecule has 14 heavy (non-hydrogen) atoms.